The first-order chi connectivity index (χ1) is 13.5. The molecule has 0 aliphatic carbocycles. The van der Waals surface area contributed by atoms with E-state index in [1.54, 1.807) is 6.20 Å². The lowest BCUT2D eigenvalue weighted by atomic mass is 10.1. The van der Waals surface area contributed by atoms with Crippen LogP contribution in [0, 0.1) is 0 Å². The molecule has 0 radical (unpaired) electrons. The van der Waals surface area contributed by atoms with Crippen LogP contribution in [0.1, 0.15) is 25.5 Å². The Morgan fingerprint density at radius 1 is 1.54 bits per heavy atom. The Kier molecular flexibility index (Phi) is 6.48. The minimum absolute atomic E-state index is 0.124. The highest BCUT2D eigenvalue weighted by atomic mass is 32.2. The van der Waals surface area contributed by atoms with Crippen LogP contribution in [-0.2, 0) is 25.6 Å². The molecule has 0 aromatic carbocycles. The number of hydrogen-bond acceptors (Lipinski definition) is 7. The van der Waals surface area contributed by atoms with E-state index in [2.05, 4.69) is 25.6 Å². The van der Waals surface area contributed by atoms with Gasteiger partial charge in [-0.1, -0.05) is 0 Å². The number of thioether (sulfide) groups is 1. The number of likely N-dealkylation sites (tertiary alicyclic amines) is 1. The lowest BCUT2D eigenvalue weighted by molar-refractivity contribution is -0.139. The zero-order valence-electron chi connectivity index (χ0n) is 15.4. The van der Waals surface area contributed by atoms with Crippen LogP contribution in [0.15, 0.2) is 17.5 Å². The number of nitrogens with one attached hydrogen (secondary N) is 3. The van der Waals surface area contributed by atoms with Gasteiger partial charge in [0.1, 0.15) is 18.2 Å². The molecule has 2 aliphatic heterocycles. The van der Waals surface area contributed by atoms with Crippen molar-refractivity contribution in [1.29, 1.82) is 0 Å². The standard InChI is InChI=1S/C17H22N6O4S/c1-10-15(25)21-14(7-28-10)22-16(26)13-3-2-4-23(13)17(27)12(20-9-24)5-11-6-18-8-19-11/h6,8,10,12-14H,2-5,7H2,1H3,(H,18,19)(H,21,25)(H,22,26)/t10-,12+,13+,14+/m1/s1. The number of isocyanates is 1. The molecule has 3 rings (SSSR count). The fourth-order valence-electron chi connectivity index (χ4n) is 3.34. The van der Waals surface area contributed by atoms with Crippen LogP contribution in [0.2, 0.25) is 0 Å². The average molecular weight is 406 g/mol. The molecule has 4 atom stereocenters. The summed E-state index contributed by atoms with van der Waals surface area (Å²) in [4.78, 5) is 60.1. The topological polar surface area (TPSA) is 137 Å². The Hall–Kier alpha value is -2.65. The monoisotopic (exact) mass is 406 g/mol. The quantitative estimate of drug-likeness (QED) is 0.424. The molecule has 11 heteroatoms. The molecule has 150 valence electrons. The molecule has 3 amide bonds. The normalized spacial score (nSPS) is 25.5. The van der Waals surface area contributed by atoms with Gasteiger partial charge in [-0.05, 0) is 19.8 Å². The molecule has 3 heterocycles. The Bertz CT molecular complexity index is 779. The van der Waals surface area contributed by atoms with Gasteiger partial charge in [0.2, 0.25) is 23.8 Å². The highest BCUT2D eigenvalue weighted by molar-refractivity contribution is 8.00. The SMILES string of the molecule is C[C@H]1SC[C@H](NC(=O)[C@@H]2CCCN2C(=O)[C@H](Cc2cnc[nH]2)N=C=O)NC1=O. The zero-order chi connectivity index (χ0) is 20.1. The summed E-state index contributed by atoms with van der Waals surface area (Å²) in [6, 6.07) is -1.61. The second kappa shape index (κ2) is 9.03. The summed E-state index contributed by atoms with van der Waals surface area (Å²) in [7, 11) is 0. The molecule has 3 N–H and O–H groups in total. The summed E-state index contributed by atoms with van der Waals surface area (Å²) in [5.41, 5.74) is 0.661. The van der Waals surface area contributed by atoms with Crippen LogP contribution >= 0.6 is 11.8 Å². The number of nitrogens with zero attached hydrogens (tertiary/aromatic N) is 3. The van der Waals surface area contributed by atoms with Crippen LogP contribution in [0.3, 0.4) is 0 Å². The fraction of sp³-hybridized carbons (Fsp3) is 0.588. The molecular formula is C17H22N6O4S. The van der Waals surface area contributed by atoms with Crippen molar-refractivity contribution in [3.05, 3.63) is 18.2 Å². The van der Waals surface area contributed by atoms with Crippen molar-refractivity contribution in [3.63, 3.8) is 0 Å². The summed E-state index contributed by atoms with van der Waals surface area (Å²) in [6.45, 7) is 2.22. The van der Waals surface area contributed by atoms with Crippen LogP contribution in [0.4, 0.5) is 0 Å². The van der Waals surface area contributed by atoms with E-state index in [4.69, 9.17) is 0 Å². The van der Waals surface area contributed by atoms with E-state index < -0.39 is 24.2 Å². The molecule has 0 spiro atoms. The number of hydrogen-bond donors (Lipinski definition) is 3. The summed E-state index contributed by atoms with van der Waals surface area (Å²) in [5.74, 6) is -0.272. The molecule has 28 heavy (non-hydrogen) atoms. The molecule has 2 fully saturated rings. The number of aliphatic imine (C=N–C) groups is 1. The molecule has 1 aromatic rings. The number of aromatic nitrogens is 2. The minimum Gasteiger partial charge on any atom is -0.348 e. The van der Waals surface area contributed by atoms with Gasteiger partial charge in [-0.15, -0.1) is 11.8 Å². The van der Waals surface area contributed by atoms with Gasteiger partial charge in [0.05, 0.1) is 11.6 Å². The fourth-order valence-corrected chi connectivity index (χ4v) is 4.21. The minimum atomic E-state index is -0.961. The first-order valence-electron chi connectivity index (χ1n) is 9.06. The molecular weight excluding hydrogens is 384 g/mol. The maximum Gasteiger partial charge on any atom is 0.249 e. The lowest BCUT2D eigenvalue weighted by Crippen LogP contribution is -2.58. The van der Waals surface area contributed by atoms with Crippen LogP contribution < -0.4 is 10.6 Å². The number of aromatic amines is 1. The van der Waals surface area contributed by atoms with E-state index in [-0.39, 0.29) is 23.5 Å². The van der Waals surface area contributed by atoms with Gasteiger partial charge in [0.25, 0.3) is 0 Å². The van der Waals surface area contributed by atoms with Gasteiger partial charge in [-0.3, -0.25) is 14.4 Å². The van der Waals surface area contributed by atoms with E-state index in [1.807, 2.05) is 6.92 Å². The van der Waals surface area contributed by atoms with E-state index >= 15 is 0 Å². The van der Waals surface area contributed by atoms with Gasteiger partial charge in [0.15, 0.2) is 0 Å². The smallest absolute Gasteiger partial charge is 0.249 e. The Labute approximate surface area is 165 Å². The molecule has 0 unspecified atom stereocenters. The van der Waals surface area contributed by atoms with E-state index in [0.29, 0.717) is 30.8 Å². The molecule has 2 saturated heterocycles. The highest BCUT2D eigenvalue weighted by Crippen LogP contribution is 2.21. The lowest BCUT2D eigenvalue weighted by Gasteiger charge is -2.31. The first-order valence-corrected chi connectivity index (χ1v) is 10.1. The molecule has 1 aromatic heterocycles. The Morgan fingerprint density at radius 3 is 3.04 bits per heavy atom. The van der Waals surface area contributed by atoms with Crippen molar-refractivity contribution in [1.82, 2.24) is 25.5 Å². The number of amides is 3. The molecule has 0 bridgehead atoms. The van der Waals surface area contributed by atoms with Crippen LogP contribution in [0.25, 0.3) is 0 Å². The summed E-state index contributed by atoms with van der Waals surface area (Å²) >= 11 is 1.46. The van der Waals surface area contributed by atoms with Gasteiger partial charge >= 0.3 is 0 Å². The number of carbonyl (C=O) groups excluding carboxylic acids is 4. The predicted molar refractivity (Wildman–Crippen MR) is 101 cm³/mol. The maximum atomic E-state index is 12.9. The van der Waals surface area contributed by atoms with Crippen molar-refractivity contribution in [3.8, 4) is 0 Å². The summed E-state index contributed by atoms with van der Waals surface area (Å²) in [6.07, 6.45) is 5.38. The molecule has 10 nitrogen and oxygen atoms in total. The largest absolute Gasteiger partial charge is 0.348 e. The summed E-state index contributed by atoms with van der Waals surface area (Å²) < 4.78 is 0. The van der Waals surface area contributed by atoms with E-state index in [0.717, 1.165) is 0 Å². The van der Waals surface area contributed by atoms with Gasteiger partial charge < -0.3 is 20.5 Å². The zero-order valence-corrected chi connectivity index (χ0v) is 16.2. The Balaban J connectivity index is 1.65. The number of H-pyrrole nitrogens is 1. The first kappa shape index (κ1) is 20.1. The van der Waals surface area contributed by atoms with Gasteiger partial charge in [0, 0.05) is 30.6 Å². The van der Waals surface area contributed by atoms with Crippen LogP contribution in [-0.4, -0.2) is 74.5 Å². The van der Waals surface area contributed by atoms with Crippen LogP contribution in [0.5, 0.6) is 0 Å². The van der Waals surface area contributed by atoms with Gasteiger partial charge in [-0.25, -0.2) is 9.78 Å². The second-order valence-electron chi connectivity index (χ2n) is 6.75. The predicted octanol–water partition coefficient (Wildman–Crippen LogP) is -0.659. The van der Waals surface area contributed by atoms with Gasteiger partial charge in [-0.2, -0.15) is 4.99 Å². The third kappa shape index (κ3) is 4.60. The third-order valence-electron chi connectivity index (χ3n) is 4.82. The third-order valence-corrected chi connectivity index (χ3v) is 6.06. The average Bonchev–Trinajstić information content (AvgIpc) is 3.35. The second-order valence-corrected chi connectivity index (χ2v) is 8.13. The Morgan fingerprint density at radius 2 is 2.36 bits per heavy atom. The van der Waals surface area contributed by atoms with E-state index in [1.165, 1.54) is 29.1 Å². The highest BCUT2D eigenvalue weighted by Gasteiger charge is 2.38. The van der Waals surface area contributed by atoms with Crippen molar-refractivity contribution < 1.29 is 19.2 Å². The van der Waals surface area contributed by atoms with Crippen molar-refractivity contribution >= 4 is 35.6 Å². The molecule has 2 aliphatic rings. The number of carbonyl (C=O) groups is 3. The van der Waals surface area contributed by atoms with E-state index in [9.17, 15) is 19.2 Å². The summed E-state index contributed by atoms with van der Waals surface area (Å²) in [5, 5.41) is 5.41. The maximum absolute atomic E-state index is 12.9. The molecule has 0 saturated carbocycles. The van der Waals surface area contributed by atoms with Crippen molar-refractivity contribution in [2.45, 2.75) is 49.7 Å². The number of rotatable bonds is 6. The number of imidazole rings is 1. The van der Waals surface area contributed by atoms with Crippen molar-refractivity contribution in [2.75, 3.05) is 12.3 Å². The van der Waals surface area contributed by atoms with Crippen molar-refractivity contribution in [2.24, 2.45) is 4.99 Å².